The van der Waals surface area contributed by atoms with Gasteiger partial charge in [-0.15, -0.1) is 0 Å². The Morgan fingerprint density at radius 1 is 1.03 bits per heavy atom. The number of hydrogen-bond acceptors (Lipinski definition) is 7. The highest BCUT2D eigenvalue weighted by atomic mass is 16.5. The number of nitrogens with zero attached hydrogens (tertiary/aromatic N) is 4. The summed E-state index contributed by atoms with van der Waals surface area (Å²) in [6, 6.07) is 8.94. The van der Waals surface area contributed by atoms with Crippen LogP contribution in [-0.4, -0.2) is 43.9 Å². The van der Waals surface area contributed by atoms with E-state index in [1.165, 1.54) is 6.20 Å². The lowest BCUT2D eigenvalue weighted by atomic mass is 9.91. The first-order valence-electron chi connectivity index (χ1n) is 10.6. The predicted octanol–water partition coefficient (Wildman–Crippen LogP) is 3.25. The summed E-state index contributed by atoms with van der Waals surface area (Å²) in [4.78, 5) is 47.0. The van der Waals surface area contributed by atoms with Gasteiger partial charge in [0.15, 0.2) is 11.6 Å². The van der Waals surface area contributed by atoms with Crippen molar-refractivity contribution in [1.82, 2.24) is 19.7 Å². The van der Waals surface area contributed by atoms with Gasteiger partial charge < -0.3 is 4.74 Å². The Morgan fingerprint density at radius 3 is 2.47 bits per heavy atom. The molecule has 0 aliphatic rings. The molecule has 8 heteroatoms. The molecule has 0 saturated carbocycles. The molecule has 0 fully saturated rings. The molecule has 0 aromatic carbocycles. The van der Waals surface area contributed by atoms with Crippen molar-refractivity contribution < 1.29 is 19.1 Å². The minimum atomic E-state index is -1.11. The van der Waals surface area contributed by atoms with E-state index in [-0.39, 0.29) is 30.9 Å². The van der Waals surface area contributed by atoms with Crippen molar-refractivity contribution in [2.24, 2.45) is 5.92 Å². The Balaban J connectivity index is 1.78. The number of aryl methyl sites for hydroxylation is 3. The molecule has 1 unspecified atom stereocenters. The number of aromatic nitrogens is 4. The van der Waals surface area contributed by atoms with Crippen molar-refractivity contribution in [2.75, 3.05) is 6.61 Å². The maximum Gasteiger partial charge on any atom is 0.316 e. The second kappa shape index (κ2) is 11.1. The molecule has 32 heavy (non-hydrogen) atoms. The fourth-order valence-corrected chi connectivity index (χ4v) is 3.47. The molecule has 0 aliphatic carbocycles. The van der Waals surface area contributed by atoms with Gasteiger partial charge in [0, 0.05) is 37.8 Å². The Hall–Kier alpha value is -3.68. The number of ether oxygens (including phenoxy) is 1. The van der Waals surface area contributed by atoms with Gasteiger partial charge in [-0.25, -0.2) is 0 Å². The van der Waals surface area contributed by atoms with Gasteiger partial charge in [0.2, 0.25) is 0 Å². The lowest BCUT2D eigenvalue weighted by Crippen LogP contribution is -2.29. The summed E-state index contributed by atoms with van der Waals surface area (Å²) in [5.74, 6) is -2.41. The molecule has 0 saturated heterocycles. The van der Waals surface area contributed by atoms with Crippen LogP contribution in [0.2, 0.25) is 0 Å². The monoisotopic (exact) mass is 434 g/mol. The lowest BCUT2D eigenvalue weighted by Gasteiger charge is -2.16. The first-order valence-corrected chi connectivity index (χ1v) is 10.6. The number of carbonyl (C=O) groups excluding carboxylic acids is 3. The van der Waals surface area contributed by atoms with Gasteiger partial charge in [0.05, 0.1) is 6.61 Å². The van der Waals surface area contributed by atoms with E-state index in [0.717, 1.165) is 5.56 Å². The summed E-state index contributed by atoms with van der Waals surface area (Å²) < 4.78 is 6.90. The molecular weight excluding hydrogens is 408 g/mol. The van der Waals surface area contributed by atoms with Gasteiger partial charge in [-0.3, -0.25) is 29.0 Å². The summed E-state index contributed by atoms with van der Waals surface area (Å²) in [7, 11) is 0. The average molecular weight is 434 g/mol. The highest BCUT2D eigenvalue weighted by Crippen LogP contribution is 2.20. The van der Waals surface area contributed by atoms with Gasteiger partial charge in [-0.1, -0.05) is 12.1 Å². The zero-order valence-corrected chi connectivity index (χ0v) is 18.2. The van der Waals surface area contributed by atoms with E-state index in [0.29, 0.717) is 24.2 Å². The third kappa shape index (κ3) is 5.72. The van der Waals surface area contributed by atoms with E-state index < -0.39 is 17.7 Å². The fourth-order valence-electron chi connectivity index (χ4n) is 3.47. The smallest absolute Gasteiger partial charge is 0.316 e. The van der Waals surface area contributed by atoms with Gasteiger partial charge >= 0.3 is 5.97 Å². The zero-order valence-electron chi connectivity index (χ0n) is 18.2. The van der Waals surface area contributed by atoms with E-state index in [1.54, 1.807) is 49.1 Å². The van der Waals surface area contributed by atoms with Crippen LogP contribution in [0, 0.1) is 12.8 Å². The van der Waals surface area contributed by atoms with E-state index in [4.69, 9.17) is 4.74 Å². The summed E-state index contributed by atoms with van der Waals surface area (Å²) in [6.07, 6.45) is 7.16. The molecule has 0 bridgehead atoms. The molecule has 0 spiro atoms. The molecule has 3 aromatic rings. The Kier molecular flexibility index (Phi) is 7.96. The number of hydrogen-bond donors (Lipinski definition) is 0. The Bertz CT molecular complexity index is 1080. The van der Waals surface area contributed by atoms with Gasteiger partial charge in [0.25, 0.3) is 0 Å². The Morgan fingerprint density at radius 2 is 1.78 bits per heavy atom. The zero-order chi connectivity index (χ0) is 22.9. The fraction of sp³-hybridized carbons (Fsp3) is 0.333. The van der Waals surface area contributed by atoms with Crippen molar-refractivity contribution in [2.45, 2.75) is 39.7 Å². The maximum atomic E-state index is 13.3. The molecule has 0 aliphatic heterocycles. The maximum absolute atomic E-state index is 13.3. The SMILES string of the molecule is CCOC(=O)C(CCC(=O)c1ncccc1C)C(=O)c1ncccc1CCn1cccn1. The number of rotatable bonds is 11. The molecule has 3 aromatic heterocycles. The molecule has 8 nitrogen and oxygen atoms in total. The topological polar surface area (TPSA) is 104 Å². The van der Waals surface area contributed by atoms with Crippen molar-refractivity contribution >= 4 is 17.5 Å². The number of esters is 1. The third-order valence-corrected chi connectivity index (χ3v) is 5.12. The molecule has 1 atom stereocenters. The van der Waals surface area contributed by atoms with Crippen molar-refractivity contribution in [3.8, 4) is 0 Å². The summed E-state index contributed by atoms with van der Waals surface area (Å²) in [5.41, 5.74) is 2.04. The molecule has 3 heterocycles. The number of pyridine rings is 2. The van der Waals surface area contributed by atoms with Crippen LogP contribution in [0.1, 0.15) is 51.9 Å². The normalized spacial score (nSPS) is 11.7. The first kappa shape index (κ1) is 23.0. The van der Waals surface area contributed by atoms with Crippen LogP contribution in [0.15, 0.2) is 55.1 Å². The van der Waals surface area contributed by atoms with Crippen LogP contribution in [0.25, 0.3) is 0 Å². The first-order chi connectivity index (χ1) is 15.5. The van der Waals surface area contributed by atoms with Gasteiger partial charge in [-0.2, -0.15) is 5.10 Å². The standard InChI is InChI=1S/C24H26N4O4/c1-3-32-24(31)19(9-10-20(29)21-17(2)7-4-12-25-21)23(30)22-18(8-5-13-26-22)11-16-28-15-6-14-27-28/h4-8,12-15,19H,3,9-11,16H2,1-2H3. The van der Waals surface area contributed by atoms with E-state index in [2.05, 4.69) is 15.1 Å². The lowest BCUT2D eigenvalue weighted by molar-refractivity contribution is -0.146. The van der Waals surface area contributed by atoms with Crippen LogP contribution in [-0.2, 0) is 22.5 Å². The quantitative estimate of drug-likeness (QED) is 0.259. The highest BCUT2D eigenvalue weighted by molar-refractivity contribution is 6.08. The summed E-state index contributed by atoms with van der Waals surface area (Å²) in [5, 5.41) is 4.17. The second-order valence-corrected chi connectivity index (χ2v) is 7.33. The van der Waals surface area contributed by atoms with Crippen molar-refractivity contribution in [3.05, 3.63) is 77.6 Å². The van der Waals surface area contributed by atoms with Crippen LogP contribution in [0.3, 0.4) is 0 Å². The summed E-state index contributed by atoms with van der Waals surface area (Å²) >= 11 is 0. The van der Waals surface area contributed by atoms with E-state index in [9.17, 15) is 14.4 Å². The molecular formula is C24H26N4O4. The average Bonchev–Trinajstić information content (AvgIpc) is 3.32. The number of carbonyl (C=O) groups is 3. The Labute approximate surface area is 186 Å². The van der Waals surface area contributed by atoms with E-state index in [1.807, 2.05) is 18.3 Å². The van der Waals surface area contributed by atoms with Gasteiger partial charge in [0.1, 0.15) is 17.3 Å². The van der Waals surface area contributed by atoms with Crippen LogP contribution in [0.4, 0.5) is 0 Å². The second-order valence-electron chi connectivity index (χ2n) is 7.33. The molecule has 166 valence electrons. The highest BCUT2D eigenvalue weighted by Gasteiger charge is 2.32. The van der Waals surface area contributed by atoms with Crippen molar-refractivity contribution in [1.29, 1.82) is 0 Å². The minimum Gasteiger partial charge on any atom is -0.465 e. The predicted molar refractivity (Wildman–Crippen MR) is 117 cm³/mol. The minimum absolute atomic E-state index is 0.00251. The summed E-state index contributed by atoms with van der Waals surface area (Å²) in [6.45, 7) is 4.19. The molecule has 0 radical (unpaired) electrons. The van der Waals surface area contributed by atoms with Crippen LogP contribution < -0.4 is 0 Å². The van der Waals surface area contributed by atoms with E-state index >= 15 is 0 Å². The molecule has 0 N–H and O–H groups in total. The largest absolute Gasteiger partial charge is 0.465 e. The van der Waals surface area contributed by atoms with Crippen molar-refractivity contribution in [3.63, 3.8) is 0 Å². The number of Topliss-reactive ketones (excluding diaryl/α,β-unsaturated/α-hetero) is 2. The molecule has 3 rings (SSSR count). The molecule has 0 amide bonds. The number of ketones is 2. The third-order valence-electron chi connectivity index (χ3n) is 5.12. The van der Waals surface area contributed by atoms with Crippen LogP contribution >= 0.6 is 0 Å². The van der Waals surface area contributed by atoms with Crippen LogP contribution in [0.5, 0.6) is 0 Å². The van der Waals surface area contributed by atoms with Gasteiger partial charge in [-0.05, 0) is 56.0 Å².